The van der Waals surface area contributed by atoms with E-state index in [4.69, 9.17) is 0 Å². The van der Waals surface area contributed by atoms with E-state index in [2.05, 4.69) is 30.5 Å². The van der Waals surface area contributed by atoms with E-state index in [0.717, 1.165) is 18.0 Å². The van der Waals surface area contributed by atoms with Gasteiger partial charge in [-0.25, -0.2) is 23.4 Å². The fourth-order valence-electron chi connectivity index (χ4n) is 3.17. The lowest BCUT2D eigenvalue weighted by atomic mass is 10.2. The van der Waals surface area contributed by atoms with Gasteiger partial charge in [0.15, 0.2) is 17.0 Å². The first kappa shape index (κ1) is 18.2. The third-order valence-corrected chi connectivity index (χ3v) is 4.61. The molecule has 0 saturated carbocycles. The number of hydrogen-bond acceptors (Lipinski definition) is 7. The molecule has 3 aromatic rings. The fraction of sp³-hybridized carbons (Fsp3) is 0.353. The third-order valence-electron chi connectivity index (χ3n) is 4.61. The molecular weight excluding hydrogens is 370 g/mol. The number of rotatable bonds is 4. The van der Waals surface area contributed by atoms with Crippen molar-refractivity contribution in [1.82, 2.24) is 29.9 Å². The van der Waals surface area contributed by atoms with E-state index in [9.17, 15) is 13.6 Å². The Labute approximate surface area is 159 Å². The molecule has 1 N–H and O–H groups in total. The Morgan fingerprint density at radius 3 is 2.71 bits per heavy atom. The van der Waals surface area contributed by atoms with Crippen LogP contribution < -0.4 is 10.2 Å². The van der Waals surface area contributed by atoms with E-state index in [1.807, 2.05) is 4.90 Å². The molecule has 28 heavy (non-hydrogen) atoms. The van der Waals surface area contributed by atoms with Crippen molar-refractivity contribution in [3.8, 4) is 0 Å². The normalized spacial score (nSPS) is 15.2. The summed E-state index contributed by atoms with van der Waals surface area (Å²) in [4.78, 5) is 24.7. The summed E-state index contributed by atoms with van der Waals surface area (Å²) in [5.74, 6) is -1.11. The van der Waals surface area contributed by atoms with Gasteiger partial charge in [-0.2, -0.15) is 0 Å². The predicted molar refractivity (Wildman–Crippen MR) is 97.7 cm³/mol. The number of halogens is 2. The summed E-state index contributed by atoms with van der Waals surface area (Å²) in [7, 11) is 1.77. The Hall–Kier alpha value is -3.21. The number of piperazine rings is 1. The zero-order valence-corrected chi connectivity index (χ0v) is 15.1. The maximum atomic E-state index is 13.7. The second-order valence-corrected chi connectivity index (χ2v) is 6.52. The van der Waals surface area contributed by atoms with Gasteiger partial charge in [0.25, 0.3) is 0 Å². The van der Waals surface area contributed by atoms with Gasteiger partial charge in [0.05, 0.1) is 12.2 Å². The quantitative estimate of drug-likeness (QED) is 0.707. The molecule has 9 nitrogen and oxygen atoms in total. The van der Waals surface area contributed by atoms with Crippen molar-refractivity contribution in [3.05, 3.63) is 36.2 Å². The zero-order chi connectivity index (χ0) is 19.7. The van der Waals surface area contributed by atoms with Crippen LogP contribution in [0, 0.1) is 11.6 Å². The highest BCUT2D eigenvalue weighted by atomic mass is 19.1. The van der Waals surface area contributed by atoms with Crippen LogP contribution in [-0.2, 0) is 11.8 Å². The Morgan fingerprint density at radius 2 is 1.96 bits per heavy atom. The Kier molecular flexibility index (Phi) is 4.82. The van der Waals surface area contributed by atoms with Crippen molar-refractivity contribution in [3.63, 3.8) is 0 Å². The number of carbonyl (C=O) groups is 1. The van der Waals surface area contributed by atoms with Crippen LogP contribution in [-0.4, -0.2) is 68.5 Å². The molecule has 0 atom stereocenters. The summed E-state index contributed by atoms with van der Waals surface area (Å²) in [6.07, 6.45) is 1.48. The summed E-state index contributed by atoms with van der Waals surface area (Å²) < 4.78 is 28.2. The van der Waals surface area contributed by atoms with Gasteiger partial charge < -0.3 is 10.2 Å². The highest BCUT2D eigenvalue weighted by Gasteiger charge is 2.23. The minimum Gasteiger partial charge on any atom is -0.352 e. The Morgan fingerprint density at radius 1 is 1.18 bits per heavy atom. The number of nitrogens with zero attached hydrogens (tertiary/aromatic N) is 7. The highest BCUT2D eigenvalue weighted by Crippen LogP contribution is 2.21. The third kappa shape index (κ3) is 3.60. The molecule has 0 aliphatic carbocycles. The average Bonchev–Trinajstić information content (AvgIpc) is 3.06. The van der Waals surface area contributed by atoms with Gasteiger partial charge in [-0.05, 0) is 12.1 Å². The van der Waals surface area contributed by atoms with E-state index in [0.29, 0.717) is 37.3 Å². The SMILES string of the molecule is Cn1nnc2c(N3CCN(CC(=O)Nc4ccc(F)cc4F)CC3)ncnc21. The maximum absolute atomic E-state index is 13.7. The first-order chi connectivity index (χ1) is 13.5. The van der Waals surface area contributed by atoms with Crippen LogP contribution in [0.25, 0.3) is 11.2 Å². The largest absolute Gasteiger partial charge is 0.352 e. The second-order valence-electron chi connectivity index (χ2n) is 6.52. The van der Waals surface area contributed by atoms with Gasteiger partial charge >= 0.3 is 0 Å². The summed E-state index contributed by atoms with van der Waals surface area (Å²) in [6.45, 7) is 2.69. The molecule has 1 fully saturated rings. The van der Waals surface area contributed by atoms with Crippen molar-refractivity contribution >= 4 is 28.6 Å². The lowest BCUT2D eigenvalue weighted by Crippen LogP contribution is -2.49. The predicted octanol–water partition coefficient (Wildman–Crippen LogP) is 0.797. The molecule has 1 saturated heterocycles. The number of hydrogen-bond donors (Lipinski definition) is 1. The number of benzene rings is 1. The molecular formula is C17H18F2N8O. The van der Waals surface area contributed by atoms with Crippen LogP contribution in [0.15, 0.2) is 24.5 Å². The molecule has 1 aromatic carbocycles. The standard InChI is InChI=1S/C17H18F2N8O/c1-25-16-15(23-24-25)17(21-10-20-16)27-6-4-26(5-7-27)9-14(28)22-13-3-2-11(18)8-12(13)19/h2-3,8,10H,4-7,9H2,1H3,(H,22,28). The number of nitrogens with one attached hydrogen (secondary N) is 1. The number of aryl methyl sites for hydroxylation is 1. The van der Waals surface area contributed by atoms with Crippen LogP contribution >= 0.6 is 0 Å². The summed E-state index contributed by atoms with van der Waals surface area (Å²) in [5.41, 5.74) is 1.27. The van der Waals surface area contributed by atoms with Crippen LogP contribution in [0.5, 0.6) is 0 Å². The second kappa shape index (κ2) is 7.43. The molecule has 0 bridgehead atoms. The van der Waals surface area contributed by atoms with Crippen LogP contribution in [0.3, 0.4) is 0 Å². The summed E-state index contributed by atoms with van der Waals surface area (Å²) >= 11 is 0. The Balaban J connectivity index is 1.35. The van der Waals surface area contributed by atoms with E-state index in [-0.39, 0.29) is 18.1 Å². The van der Waals surface area contributed by atoms with Crippen molar-refractivity contribution in [2.24, 2.45) is 7.05 Å². The van der Waals surface area contributed by atoms with Crippen LogP contribution in [0.1, 0.15) is 0 Å². The zero-order valence-electron chi connectivity index (χ0n) is 15.1. The van der Waals surface area contributed by atoms with E-state index < -0.39 is 11.6 Å². The Bertz CT molecular complexity index is 1020. The van der Waals surface area contributed by atoms with E-state index in [1.54, 1.807) is 11.7 Å². The van der Waals surface area contributed by atoms with Crippen LogP contribution in [0.2, 0.25) is 0 Å². The smallest absolute Gasteiger partial charge is 0.238 e. The summed E-state index contributed by atoms with van der Waals surface area (Å²) in [5, 5.41) is 10.6. The van der Waals surface area contributed by atoms with Gasteiger partial charge in [0.2, 0.25) is 5.91 Å². The number of carbonyl (C=O) groups excluding carboxylic acids is 1. The molecule has 0 unspecified atom stereocenters. The molecule has 1 aliphatic rings. The number of aromatic nitrogens is 5. The molecule has 3 heterocycles. The van der Waals surface area contributed by atoms with Gasteiger partial charge in [-0.3, -0.25) is 9.69 Å². The van der Waals surface area contributed by atoms with Crippen molar-refractivity contribution in [2.75, 3.05) is 42.9 Å². The van der Waals surface area contributed by atoms with Crippen molar-refractivity contribution < 1.29 is 13.6 Å². The average molecular weight is 388 g/mol. The number of amides is 1. The maximum Gasteiger partial charge on any atom is 0.238 e. The lowest BCUT2D eigenvalue weighted by Gasteiger charge is -2.34. The van der Waals surface area contributed by atoms with E-state index >= 15 is 0 Å². The van der Waals surface area contributed by atoms with Crippen molar-refractivity contribution in [2.45, 2.75) is 0 Å². The molecule has 2 aromatic heterocycles. The number of fused-ring (bicyclic) bond motifs is 1. The van der Waals surface area contributed by atoms with Crippen molar-refractivity contribution in [1.29, 1.82) is 0 Å². The molecule has 0 radical (unpaired) electrons. The molecule has 4 rings (SSSR count). The molecule has 1 aliphatic heterocycles. The molecule has 1 amide bonds. The van der Waals surface area contributed by atoms with E-state index in [1.165, 1.54) is 12.4 Å². The van der Waals surface area contributed by atoms with Gasteiger partial charge in [-0.1, -0.05) is 5.21 Å². The van der Waals surface area contributed by atoms with Crippen LogP contribution in [0.4, 0.5) is 20.3 Å². The minimum atomic E-state index is -0.796. The first-order valence-electron chi connectivity index (χ1n) is 8.74. The molecule has 146 valence electrons. The first-order valence-corrected chi connectivity index (χ1v) is 8.74. The fourth-order valence-corrected chi connectivity index (χ4v) is 3.17. The topological polar surface area (TPSA) is 92.1 Å². The number of anilines is 2. The van der Waals surface area contributed by atoms with Gasteiger partial charge in [-0.15, -0.1) is 5.10 Å². The molecule has 0 spiro atoms. The minimum absolute atomic E-state index is 0.0314. The lowest BCUT2D eigenvalue weighted by molar-refractivity contribution is -0.117. The molecule has 11 heteroatoms. The summed E-state index contributed by atoms with van der Waals surface area (Å²) in [6, 6.07) is 3.05. The monoisotopic (exact) mass is 388 g/mol. The van der Waals surface area contributed by atoms with Gasteiger partial charge in [0, 0.05) is 39.3 Å². The highest BCUT2D eigenvalue weighted by molar-refractivity contribution is 5.92. The van der Waals surface area contributed by atoms with Gasteiger partial charge in [0.1, 0.15) is 18.0 Å².